The number of carbonyl (C=O) groups is 4. The van der Waals surface area contributed by atoms with Crippen molar-refractivity contribution in [1.29, 1.82) is 0 Å². The van der Waals surface area contributed by atoms with E-state index in [0.29, 0.717) is 37.6 Å². The van der Waals surface area contributed by atoms with Crippen LogP contribution in [0.25, 0.3) is 0 Å². The van der Waals surface area contributed by atoms with E-state index in [4.69, 9.17) is 14.2 Å². The van der Waals surface area contributed by atoms with Crippen molar-refractivity contribution in [3.8, 4) is 0 Å². The number of nitrogens with zero attached hydrogens (tertiary/aromatic N) is 3. The van der Waals surface area contributed by atoms with E-state index >= 15 is 0 Å². The molecule has 0 aromatic carbocycles. The van der Waals surface area contributed by atoms with Gasteiger partial charge in [0.15, 0.2) is 0 Å². The minimum Gasteiger partial charge on any atom is -0.444 e. The molecule has 3 amide bonds. The number of aryl methyl sites for hydroxylation is 1. The van der Waals surface area contributed by atoms with Gasteiger partial charge in [-0.25, -0.2) is 24.4 Å². The summed E-state index contributed by atoms with van der Waals surface area (Å²) in [6.07, 6.45) is 3.28. The van der Waals surface area contributed by atoms with Crippen LogP contribution >= 0.6 is 0 Å². The summed E-state index contributed by atoms with van der Waals surface area (Å²) in [6.45, 7) is 19.2. The van der Waals surface area contributed by atoms with E-state index in [9.17, 15) is 19.2 Å². The minimum absolute atomic E-state index is 0. The highest BCUT2D eigenvalue weighted by molar-refractivity contribution is 5.86. The van der Waals surface area contributed by atoms with Gasteiger partial charge in [0.25, 0.3) is 0 Å². The highest BCUT2D eigenvalue weighted by Gasteiger charge is 2.30. The van der Waals surface area contributed by atoms with Gasteiger partial charge in [0.2, 0.25) is 0 Å². The number of likely N-dealkylation sites (tertiary alicyclic amines) is 1. The van der Waals surface area contributed by atoms with Crippen LogP contribution in [0.5, 0.6) is 0 Å². The molecule has 2 aromatic heterocycles. The van der Waals surface area contributed by atoms with Crippen LogP contribution < -0.4 is 10.6 Å². The molecule has 256 valence electrons. The molecule has 0 spiro atoms. The molecule has 3 rings (SSSR count). The fourth-order valence-electron chi connectivity index (χ4n) is 4.13. The number of hydrogen-bond acceptors (Lipinski definition) is 9. The smallest absolute Gasteiger partial charge is 0.413 e. The van der Waals surface area contributed by atoms with Gasteiger partial charge < -0.3 is 19.1 Å². The maximum atomic E-state index is 12.7. The van der Waals surface area contributed by atoms with Crippen LogP contribution in [-0.4, -0.2) is 68.8 Å². The lowest BCUT2D eigenvalue weighted by atomic mass is 9.89. The first kappa shape index (κ1) is 39.8. The molecule has 12 nitrogen and oxygen atoms in total. The van der Waals surface area contributed by atoms with Crippen molar-refractivity contribution >= 4 is 35.7 Å². The molecular formula is C34H53N5O7. The fraction of sp³-hybridized carbons (Fsp3) is 0.588. The van der Waals surface area contributed by atoms with Crippen molar-refractivity contribution in [3.63, 3.8) is 0 Å². The van der Waals surface area contributed by atoms with Gasteiger partial charge in [0.1, 0.15) is 34.2 Å². The van der Waals surface area contributed by atoms with Gasteiger partial charge in [-0.3, -0.25) is 15.4 Å². The molecular weight excluding hydrogens is 590 g/mol. The van der Waals surface area contributed by atoms with Crippen LogP contribution in [0.15, 0.2) is 36.7 Å². The molecule has 1 fully saturated rings. The number of aromatic nitrogens is 2. The Morgan fingerprint density at radius 2 is 1.22 bits per heavy atom. The zero-order chi connectivity index (χ0) is 34.0. The SMILES string of the molecule is C.CC(C)(C)OC(=O)Nc1cc(CC(=O)C2CCN(C(=O)OC(C)(C)C)CC2)ccn1.Cc1ccnc(NC(=O)OC(C)(C)C)c1. The van der Waals surface area contributed by atoms with Crippen molar-refractivity contribution in [1.82, 2.24) is 14.9 Å². The topological polar surface area (TPSA) is 149 Å². The van der Waals surface area contributed by atoms with Crippen LogP contribution in [0.3, 0.4) is 0 Å². The van der Waals surface area contributed by atoms with E-state index in [-0.39, 0.29) is 31.6 Å². The molecule has 3 heterocycles. The first-order valence-corrected chi connectivity index (χ1v) is 15.1. The van der Waals surface area contributed by atoms with Crippen LogP contribution in [0, 0.1) is 12.8 Å². The summed E-state index contributed by atoms with van der Waals surface area (Å²) in [4.78, 5) is 57.9. The Morgan fingerprint density at radius 3 is 1.67 bits per heavy atom. The highest BCUT2D eigenvalue weighted by Crippen LogP contribution is 2.22. The van der Waals surface area contributed by atoms with Crippen LogP contribution in [0.2, 0.25) is 0 Å². The lowest BCUT2D eigenvalue weighted by Crippen LogP contribution is -2.43. The van der Waals surface area contributed by atoms with E-state index in [2.05, 4.69) is 20.6 Å². The molecule has 0 unspecified atom stereocenters. The maximum absolute atomic E-state index is 12.7. The lowest BCUT2D eigenvalue weighted by Gasteiger charge is -2.33. The van der Waals surface area contributed by atoms with Crippen molar-refractivity contribution in [2.75, 3.05) is 23.7 Å². The molecule has 1 aliphatic heterocycles. The summed E-state index contributed by atoms with van der Waals surface area (Å²) in [7, 11) is 0. The lowest BCUT2D eigenvalue weighted by molar-refractivity contribution is -0.123. The fourth-order valence-corrected chi connectivity index (χ4v) is 4.13. The Morgan fingerprint density at radius 1 is 0.761 bits per heavy atom. The number of anilines is 2. The molecule has 0 bridgehead atoms. The van der Waals surface area contributed by atoms with Gasteiger partial charge in [-0.15, -0.1) is 0 Å². The number of nitrogens with one attached hydrogen (secondary N) is 2. The number of carbonyl (C=O) groups excluding carboxylic acids is 4. The number of rotatable bonds is 5. The molecule has 0 atom stereocenters. The molecule has 1 aliphatic rings. The van der Waals surface area contributed by atoms with E-state index in [0.717, 1.165) is 11.1 Å². The Kier molecular flexibility index (Phi) is 14.6. The van der Waals surface area contributed by atoms with Crippen molar-refractivity contribution in [2.24, 2.45) is 5.92 Å². The molecule has 0 saturated carbocycles. The summed E-state index contributed by atoms with van der Waals surface area (Å²) in [5.41, 5.74) is 0.183. The average molecular weight is 644 g/mol. The summed E-state index contributed by atoms with van der Waals surface area (Å²) < 4.78 is 15.7. The third-order valence-electron chi connectivity index (χ3n) is 5.98. The highest BCUT2D eigenvalue weighted by atomic mass is 16.6. The Balaban J connectivity index is 0.000000557. The monoisotopic (exact) mass is 643 g/mol. The molecule has 1 saturated heterocycles. The number of piperidine rings is 1. The Hall–Kier alpha value is -4.22. The largest absolute Gasteiger partial charge is 0.444 e. The number of hydrogen-bond donors (Lipinski definition) is 2. The predicted molar refractivity (Wildman–Crippen MR) is 179 cm³/mol. The Bertz CT molecular complexity index is 1320. The van der Waals surface area contributed by atoms with Crippen LogP contribution in [0.4, 0.5) is 26.0 Å². The van der Waals surface area contributed by atoms with Gasteiger partial charge in [-0.2, -0.15) is 0 Å². The predicted octanol–water partition coefficient (Wildman–Crippen LogP) is 7.56. The van der Waals surface area contributed by atoms with E-state index in [1.165, 1.54) is 0 Å². The van der Waals surface area contributed by atoms with Crippen molar-refractivity contribution < 1.29 is 33.4 Å². The quantitative estimate of drug-likeness (QED) is 0.315. The number of ketones is 1. The van der Waals surface area contributed by atoms with Gasteiger partial charge in [0.05, 0.1) is 0 Å². The summed E-state index contributed by atoms with van der Waals surface area (Å²) in [5, 5.41) is 5.15. The molecule has 2 aromatic rings. The second-order valence-corrected chi connectivity index (χ2v) is 13.9. The van der Waals surface area contributed by atoms with E-state index < -0.39 is 29.0 Å². The molecule has 0 aliphatic carbocycles. The van der Waals surface area contributed by atoms with E-state index in [1.54, 1.807) is 56.3 Å². The summed E-state index contributed by atoms with van der Waals surface area (Å²) in [6, 6.07) is 7.08. The van der Waals surface area contributed by atoms with Gasteiger partial charge in [0, 0.05) is 37.8 Å². The number of Topliss-reactive ketones (excluding diaryl/α,β-unsaturated/α-hetero) is 1. The standard InChI is InChI=1S/C22H33N3O5.C11H16N2O2.CH4/c1-21(2,3)29-19(27)24-18-14-15(7-10-23-18)13-17(26)16-8-11-25(12-9-16)20(28)30-22(4,5)6;1-8-5-6-12-9(7-8)13-10(14)15-11(2,3)4;/h7,10,14,16H,8-9,11-13H2,1-6H3,(H,23,24,27);5-7H,1-4H3,(H,12,13,14);1H4. The first-order chi connectivity index (χ1) is 20.7. The average Bonchev–Trinajstić information content (AvgIpc) is 2.86. The maximum Gasteiger partial charge on any atom is 0.413 e. The van der Waals surface area contributed by atoms with Crippen LogP contribution in [0.1, 0.15) is 93.7 Å². The number of pyridine rings is 2. The van der Waals surface area contributed by atoms with E-state index in [1.807, 2.05) is 54.5 Å². The summed E-state index contributed by atoms with van der Waals surface area (Å²) >= 11 is 0. The zero-order valence-electron chi connectivity index (χ0n) is 28.3. The van der Waals surface area contributed by atoms with Crippen LogP contribution in [-0.2, 0) is 25.4 Å². The second-order valence-electron chi connectivity index (χ2n) is 13.9. The Labute approximate surface area is 274 Å². The molecule has 0 radical (unpaired) electrons. The molecule has 2 N–H and O–H groups in total. The molecule has 12 heteroatoms. The van der Waals surface area contributed by atoms with Gasteiger partial charge >= 0.3 is 18.3 Å². The van der Waals surface area contributed by atoms with Gasteiger partial charge in [-0.1, -0.05) is 7.43 Å². The normalized spacial score (nSPS) is 13.7. The number of amides is 3. The third-order valence-corrected chi connectivity index (χ3v) is 5.98. The third kappa shape index (κ3) is 16.2. The van der Waals surface area contributed by atoms with Crippen molar-refractivity contribution in [2.45, 2.75) is 113 Å². The zero-order valence-corrected chi connectivity index (χ0v) is 28.3. The first-order valence-electron chi connectivity index (χ1n) is 15.1. The van der Waals surface area contributed by atoms with Gasteiger partial charge in [-0.05, 0) is 117 Å². The second kappa shape index (κ2) is 16.9. The van der Waals surface area contributed by atoms with Crippen molar-refractivity contribution in [3.05, 3.63) is 47.8 Å². The number of ether oxygens (including phenoxy) is 3. The molecule has 46 heavy (non-hydrogen) atoms. The minimum atomic E-state index is -0.605. The summed E-state index contributed by atoms with van der Waals surface area (Å²) in [5.74, 6) is 0.867.